The molecule has 0 atom stereocenters. The quantitative estimate of drug-likeness (QED) is 0.475. The summed E-state index contributed by atoms with van der Waals surface area (Å²) in [5.74, 6) is -0.161. The Labute approximate surface area is 110 Å². The highest BCUT2D eigenvalue weighted by Gasteiger charge is 2.15. The first-order chi connectivity index (χ1) is 8.45. The van der Waals surface area contributed by atoms with E-state index in [1.807, 2.05) is 20.8 Å². The second-order valence-electron chi connectivity index (χ2n) is 5.05. The Morgan fingerprint density at radius 2 is 1.83 bits per heavy atom. The van der Waals surface area contributed by atoms with Gasteiger partial charge in [-0.1, -0.05) is 0 Å². The molecule has 0 aliphatic carbocycles. The molecule has 0 aliphatic heterocycles. The lowest BCUT2D eigenvalue weighted by Crippen LogP contribution is -2.27. The summed E-state index contributed by atoms with van der Waals surface area (Å²) >= 11 is 0. The molecule has 0 aliphatic rings. The first kappa shape index (κ1) is 17.4. The number of esters is 1. The van der Waals surface area contributed by atoms with Crippen molar-refractivity contribution in [2.24, 2.45) is 0 Å². The van der Waals surface area contributed by atoms with Crippen molar-refractivity contribution in [3.05, 3.63) is 0 Å². The van der Waals surface area contributed by atoms with Crippen molar-refractivity contribution >= 4 is 5.97 Å². The lowest BCUT2D eigenvalue weighted by Gasteiger charge is -2.19. The molecule has 0 saturated heterocycles. The number of ether oxygens (including phenoxy) is 3. The summed E-state index contributed by atoms with van der Waals surface area (Å²) in [6.07, 6.45) is 1.33. The van der Waals surface area contributed by atoms with E-state index in [2.05, 4.69) is 5.32 Å². The molecule has 0 heterocycles. The number of methoxy groups -OCH3 is 1. The van der Waals surface area contributed by atoms with Crippen LogP contribution in [0.5, 0.6) is 0 Å². The molecular formula is C13H27NO4. The molecule has 5 heteroatoms. The van der Waals surface area contributed by atoms with Gasteiger partial charge in [-0.2, -0.15) is 0 Å². The smallest absolute Gasteiger partial charge is 0.307 e. The van der Waals surface area contributed by atoms with E-state index in [0.29, 0.717) is 32.8 Å². The van der Waals surface area contributed by atoms with Crippen LogP contribution in [0.1, 0.15) is 33.6 Å². The number of hydrogen-bond donors (Lipinski definition) is 1. The van der Waals surface area contributed by atoms with Crippen LogP contribution in [-0.4, -0.2) is 51.6 Å². The number of hydrogen-bond acceptors (Lipinski definition) is 5. The molecule has 108 valence electrons. The molecule has 0 unspecified atom stereocenters. The fourth-order valence-electron chi connectivity index (χ4n) is 1.25. The molecule has 0 aromatic carbocycles. The summed E-state index contributed by atoms with van der Waals surface area (Å²) in [6, 6.07) is 0. The third-order valence-corrected chi connectivity index (χ3v) is 2.00. The van der Waals surface area contributed by atoms with Crippen LogP contribution in [0.4, 0.5) is 0 Å². The summed E-state index contributed by atoms with van der Waals surface area (Å²) in [6.45, 7) is 9.08. The maximum absolute atomic E-state index is 11.4. The number of carbonyl (C=O) groups is 1. The van der Waals surface area contributed by atoms with Crippen molar-refractivity contribution < 1.29 is 19.0 Å². The van der Waals surface area contributed by atoms with Crippen LogP contribution in [0, 0.1) is 0 Å². The Morgan fingerprint density at radius 3 is 2.44 bits per heavy atom. The van der Waals surface area contributed by atoms with E-state index in [-0.39, 0.29) is 5.97 Å². The molecule has 0 aromatic rings. The molecule has 1 N–H and O–H groups in total. The molecule has 0 radical (unpaired) electrons. The SMILES string of the molecule is COCCOCCCNCCC(=O)OC(C)(C)C. The van der Waals surface area contributed by atoms with Crippen LogP contribution in [-0.2, 0) is 19.0 Å². The summed E-state index contributed by atoms with van der Waals surface area (Å²) in [5.41, 5.74) is -0.397. The van der Waals surface area contributed by atoms with Crippen LogP contribution in [0.15, 0.2) is 0 Å². The van der Waals surface area contributed by atoms with Gasteiger partial charge < -0.3 is 19.5 Å². The van der Waals surface area contributed by atoms with Crippen molar-refractivity contribution in [3.8, 4) is 0 Å². The highest BCUT2D eigenvalue weighted by atomic mass is 16.6. The van der Waals surface area contributed by atoms with E-state index < -0.39 is 5.60 Å². The van der Waals surface area contributed by atoms with Crippen LogP contribution < -0.4 is 5.32 Å². The van der Waals surface area contributed by atoms with Gasteiger partial charge in [0.2, 0.25) is 0 Å². The topological polar surface area (TPSA) is 56.8 Å². The Balaban J connectivity index is 3.23. The van der Waals surface area contributed by atoms with Gasteiger partial charge >= 0.3 is 5.97 Å². The van der Waals surface area contributed by atoms with Gasteiger partial charge in [-0.05, 0) is 33.7 Å². The molecule has 18 heavy (non-hydrogen) atoms. The van der Waals surface area contributed by atoms with E-state index in [4.69, 9.17) is 14.2 Å². The Kier molecular flexibility index (Phi) is 9.92. The number of carbonyl (C=O) groups excluding carboxylic acids is 1. The van der Waals surface area contributed by atoms with Gasteiger partial charge in [0.15, 0.2) is 0 Å². The monoisotopic (exact) mass is 261 g/mol. The van der Waals surface area contributed by atoms with Crippen molar-refractivity contribution in [1.29, 1.82) is 0 Å². The third kappa shape index (κ3) is 13.4. The molecule has 0 aromatic heterocycles. The fraction of sp³-hybridized carbons (Fsp3) is 0.923. The summed E-state index contributed by atoms with van der Waals surface area (Å²) in [5, 5.41) is 3.18. The zero-order valence-electron chi connectivity index (χ0n) is 12.1. The van der Waals surface area contributed by atoms with Gasteiger partial charge in [-0.3, -0.25) is 4.79 Å². The Bertz CT molecular complexity index is 214. The van der Waals surface area contributed by atoms with Gasteiger partial charge in [0.05, 0.1) is 19.6 Å². The summed E-state index contributed by atoms with van der Waals surface area (Å²) < 4.78 is 15.4. The molecule has 0 bridgehead atoms. The molecule has 0 fully saturated rings. The first-order valence-corrected chi connectivity index (χ1v) is 6.45. The Hall–Kier alpha value is -0.650. The highest BCUT2D eigenvalue weighted by molar-refractivity contribution is 5.70. The fourth-order valence-corrected chi connectivity index (χ4v) is 1.25. The van der Waals surface area contributed by atoms with Crippen molar-refractivity contribution in [2.75, 3.05) is 40.0 Å². The second kappa shape index (κ2) is 10.3. The molecule has 0 saturated carbocycles. The highest BCUT2D eigenvalue weighted by Crippen LogP contribution is 2.07. The van der Waals surface area contributed by atoms with Crippen LogP contribution in [0.3, 0.4) is 0 Å². The van der Waals surface area contributed by atoms with Crippen LogP contribution in [0.2, 0.25) is 0 Å². The maximum atomic E-state index is 11.4. The van der Waals surface area contributed by atoms with Crippen molar-refractivity contribution in [1.82, 2.24) is 5.32 Å². The average Bonchev–Trinajstić information content (AvgIpc) is 2.24. The van der Waals surface area contributed by atoms with Gasteiger partial charge in [-0.25, -0.2) is 0 Å². The third-order valence-electron chi connectivity index (χ3n) is 2.00. The normalized spacial score (nSPS) is 11.6. The second-order valence-corrected chi connectivity index (χ2v) is 5.05. The van der Waals surface area contributed by atoms with E-state index in [1.165, 1.54) is 0 Å². The minimum absolute atomic E-state index is 0.161. The van der Waals surface area contributed by atoms with Gasteiger partial charge in [-0.15, -0.1) is 0 Å². The van der Waals surface area contributed by atoms with Crippen molar-refractivity contribution in [2.45, 2.75) is 39.2 Å². The van der Waals surface area contributed by atoms with Gasteiger partial charge in [0.1, 0.15) is 5.60 Å². The van der Waals surface area contributed by atoms with Gasteiger partial charge in [0.25, 0.3) is 0 Å². The van der Waals surface area contributed by atoms with E-state index in [9.17, 15) is 4.79 Å². The van der Waals surface area contributed by atoms with Crippen LogP contribution in [0.25, 0.3) is 0 Å². The maximum Gasteiger partial charge on any atom is 0.307 e. The average molecular weight is 261 g/mol. The van der Waals surface area contributed by atoms with Crippen LogP contribution >= 0.6 is 0 Å². The van der Waals surface area contributed by atoms with Crippen molar-refractivity contribution in [3.63, 3.8) is 0 Å². The lowest BCUT2D eigenvalue weighted by molar-refractivity contribution is -0.154. The van der Waals surface area contributed by atoms with E-state index in [1.54, 1.807) is 7.11 Å². The van der Waals surface area contributed by atoms with E-state index >= 15 is 0 Å². The minimum atomic E-state index is -0.397. The summed E-state index contributed by atoms with van der Waals surface area (Å²) in [7, 11) is 1.65. The molecule has 0 amide bonds. The largest absolute Gasteiger partial charge is 0.460 e. The zero-order chi connectivity index (χ0) is 13.9. The predicted molar refractivity (Wildman–Crippen MR) is 70.6 cm³/mol. The lowest BCUT2D eigenvalue weighted by atomic mass is 10.2. The number of rotatable bonds is 10. The first-order valence-electron chi connectivity index (χ1n) is 6.45. The minimum Gasteiger partial charge on any atom is -0.460 e. The Morgan fingerprint density at radius 1 is 1.11 bits per heavy atom. The molecule has 0 spiro atoms. The molecular weight excluding hydrogens is 234 g/mol. The van der Waals surface area contributed by atoms with Gasteiger partial charge in [0, 0.05) is 20.3 Å². The predicted octanol–water partition coefficient (Wildman–Crippen LogP) is 1.36. The standard InChI is InChI=1S/C13H27NO4/c1-13(2,3)18-12(15)6-8-14-7-5-9-17-11-10-16-4/h14H,5-11H2,1-4H3. The zero-order valence-corrected chi connectivity index (χ0v) is 12.1. The summed E-state index contributed by atoms with van der Waals surface area (Å²) in [4.78, 5) is 11.4. The molecule has 5 nitrogen and oxygen atoms in total. The number of nitrogens with one attached hydrogen (secondary N) is 1. The molecule has 0 rings (SSSR count). The van der Waals surface area contributed by atoms with E-state index in [0.717, 1.165) is 13.0 Å².